The number of benzene rings is 3. The standard InChI is InChI=1S/C22H18BrNO3/c1-14-3-10-18(11-4-14)24-21(25)16-7-5-15(6-8-16)19-12-9-17(13-20(19)23)22(26)27-2/h3-13H,1-2H3,(H,24,25). The van der Waals surface area contributed by atoms with E-state index < -0.39 is 0 Å². The first-order valence-electron chi connectivity index (χ1n) is 8.34. The lowest BCUT2D eigenvalue weighted by Crippen LogP contribution is -2.11. The SMILES string of the molecule is COC(=O)c1ccc(-c2ccc(C(=O)Nc3ccc(C)cc3)cc2)c(Br)c1. The molecule has 136 valence electrons. The van der Waals surface area contributed by atoms with Crippen molar-refractivity contribution in [3.05, 3.63) is 87.9 Å². The van der Waals surface area contributed by atoms with Crippen LogP contribution in [0.5, 0.6) is 0 Å². The fourth-order valence-electron chi connectivity index (χ4n) is 2.64. The van der Waals surface area contributed by atoms with Gasteiger partial charge in [-0.2, -0.15) is 0 Å². The van der Waals surface area contributed by atoms with Gasteiger partial charge in [-0.3, -0.25) is 4.79 Å². The van der Waals surface area contributed by atoms with Crippen molar-refractivity contribution in [2.24, 2.45) is 0 Å². The van der Waals surface area contributed by atoms with E-state index in [0.29, 0.717) is 11.1 Å². The molecule has 0 atom stereocenters. The average molecular weight is 424 g/mol. The van der Waals surface area contributed by atoms with Crippen molar-refractivity contribution in [2.45, 2.75) is 6.92 Å². The summed E-state index contributed by atoms with van der Waals surface area (Å²) in [5.41, 5.74) is 4.80. The molecule has 3 aromatic rings. The van der Waals surface area contributed by atoms with E-state index in [0.717, 1.165) is 26.9 Å². The quantitative estimate of drug-likeness (QED) is 0.566. The second-order valence-corrected chi connectivity index (χ2v) is 6.94. The van der Waals surface area contributed by atoms with E-state index in [1.54, 1.807) is 24.3 Å². The molecule has 0 aliphatic rings. The highest BCUT2D eigenvalue weighted by molar-refractivity contribution is 9.10. The van der Waals surface area contributed by atoms with Gasteiger partial charge in [-0.25, -0.2) is 4.79 Å². The molecular formula is C22H18BrNO3. The van der Waals surface area contributed by atoms with Crippen LogP contribution in [0.3, 0.4) is 0 Å². The van der Waals surface area contributed by atoms with Gasteiger partial charge in [0.05, 0.1) is 12.7 Å². The molecule has 27 heavy (non-hydrogen) atoms. The van der Waals surface area contributed by atoms with Gasteiger partial charge in [-0.1, -0.05) is 51.8 Å². The molecule has 0 radical (unpaired) electrons. The van der Waals surface area contributed by atoms with Crippen LogP contribution in [0.2, 0.25) is 0 Å². The van der Waals surface area contributed by atoms with Gasteiger partial charge in [0.15, 0.2) is 0 Å². The number of carbonyl (C=O) groups is 2. The van der Waals surface area contributed by atoms with Crippen LogP contribution in [-0.4, -0.2) is 19.0 Å². The summed E-state index contributed by atoms with van der Waals surface area (Å²) >= 11 is 3.49. The second kappa shape index (κ2) is 8.18. The van der Waals surface area contributed by atoms with E-state index in [-0.39, 0.29) is 11.9 Å². The van der Waals surface area contributed by atoms with Crippen molar-refractivity contribution in [1.29, 1.82) is 0 Å². The van der Waals surface area contributed by atoms with E-state index in [9.17, 15) is 9.59 Å². The predicted molar refractivity (Wildman–Crippen MR) is 110 cm³/mol. The van der Waals surface area contributed by atoms with E-state index in [1.165, 1.54) is 7.11 Å². The van der Waals surface area contributed by atoms with Gasteiger partial charge in [0, 0.05) is 15.7 Å². The number of hydrogen-bond donors (Lipinski definition) is 1. The lowest BCUT2D eigenvalue weighted by Gasteiger charge is -2.09. The van der Waals surface area contributed by atoms with Crippen molar-refractivity contribution >= 4 is 33.5 Å². The number of carbonyl (C=O) groups excluding carboxylic acids is 2. The largest absolute Gasteiger partial charge is 0.465 e. The summed E-state index contributed by atoms with van der Waals surface area (Å²) in [5.74, 6) is -0.545. The monoisotopic (exact) mass is 423 g/mol. The summed E-state index contributed by atoms with van der Waals surface area (Å²) in [6.07, 6.45) is 0. The molecular weight excluding hydrogens is 406 g/mol. The predicted octanol–water partition coefficient (Wildman–Crippen LogP) is 5.46. The number of anilines is 1. The third-order valence-electron chi connectivity index (χ3n) is 4.16. The summed E-state index contributed by atoms with van der Waals surface area (Å²) in [4.78, 5) is 24.0. The Labute approximate surface area is 166 Å². The van der Waals surface area contributed by atoms with Crippen LogP contribution in [0.4, 0.5) is 5.69 Å². The first-order valence-corrected chi connectivity index (χ1v) is 9.13. The summed E-state index contributed by atoms with van der Waals surface area (Å²) in [6.45, 7) is 2.00. The Hall–Kier alpha value is -2.92. The van der Waals surface area contributed by atoms with Crippen LogP contribution in [0.25, 0.3) is 11.1 Å². The lowest BCUT2D eigenvalue weighted by atomic mass is 10.0. The minimum absolute atomic E-state index is 0.162. The smallest absolute Gasteiger partial charge is 0.337 e. The number of methoxy groups -OCH3 is 1. The maximum atomic E-state index is 12.4. The van der Waals surface area contributed by atoms with Crippen LogP contribution in [0.15, 0.2) is 71.2 Å². The first kappa shape index (κ1) is 18.9. The molecule has 0 unspecified atom stereocenters. The zero-order chi connectivity index (χ0) is 19.4. The number of esters is 1. The van der Waals surface area contributed by atoms with Gasteiger partial charge in [0.1, 0.15) is 0 Å². The maximum Gasteiger partial charge on any atom is 0.337 e. The van der Waals surface area contributed by atoms with Gasteiger partial charge in [0.2, 0.25) is 0 Å². The van der Waals surface area contributed by atoms with Crippen molar-refractivity contribution in [3.63, 3.8) is 0 Å². The lowest BCUT2D eigenvalue weighted by molar-refractivity contribution is 0.0600. The highest BCUT2D eigenvalue weighted by Gasteiger charge is 2.11. The third-order valence-corrected chi connectivity index (χ3v) is 4.81. The molecule has 1 amide bonds. The van der Waals surface area contributed by atoms with E-state index >= 15 is 0 Å². The van der Waals surface area contributed by atoms with Gasteiger partial charge in [0.25, 0.3) is 5.91 Å². The van der Waals surface area contributed by atoms with Crippen LogP contribution in [0.1, 0.15) is 26.3 Å². The molecule has 0 aromatic heterocycles. The van der Waals surface area contributed by atoms with E-state index in [4.69, 9.17) is 4.74 Å². The topological polar surface area (TPSA) is 55.4 Å². The van der Waals surface area contributed by atoms with Gasteiger partial charge >= 0.3 is 5.97 Å². The van der Waals surface area contributed by atoms with E-state index in [2.05, 4.69) is 21.2 Å². The molecule has 0 bridgehead atoms. The molecule has 5 heteroatoms. The summed E-state index contributed by atoms with van der Waals surface area (Å²) in [6, 6.07) is 20.2. The molecule has 0 heterocycles. The van der Waals surface area contributed by atoms with Crippen LogP contribution >= 0.6 is 15.9 Å². The number of nitrogens with one attached hydrogen (secondary N) is 1. The minimum atomic E-state index is -0.384. The van der Waals surface area contributed by atoms with Crippen LogP contribution < -0.4 is 5.32 Å². The van der Waals surface area contributed by atoms with E-state index in [1.807, 2.05) is 49.4 Å². The highest BCUT2D eigenvalue weighted by Crippen LogP contribution is 2.29. The Morgan fingerprint density at radius 3 is 2.11 bits per heavy atom. The number of rotatable bonds is 4. The number of ether oxygens (including phenoxy) is 1. The van der Waals surface area contributed by atoms with Gasteiger partial charge < -0.3 is 10.1 Å². The Morgan fingerprint density at radius 2 is 1.52 bits per heavy atom. The van der Waals surface area contributed by atoms with Crippen molar-refractivity contribution < 1.29 is 14.3 Å². The Morgan fingerprint density at radius 1 is 0.889 bits per heavy atom. The molecule has 0 spiro atoms. The average Bonchev–Trinajstić information content (AvgIpc) is 2.69. The Bertz CT molecular complexity index is 979. The molecule has 0 saturated carbocycles. The highest BCUT2D eigenvalue weighted by atomic mass is 79.9. The molecule has 3 rings (SSSR count). The number of aryl methyl sites for hydroxylation is 1. The number of amides is 1. The number of hydrogen-bond acceptors (Lipinski definition) is 3. The molecule has 4 nitrogen and oxygen atoms in total. The molecule has 0 fully saturated rings. The third kappa shape index (κ3) is 4.44. The molecule has 0 aliphatic carbocycles. The van der Waals surface area contributed by atoms with Gasteiger partial charge in [-0.15, -0.1) is 0 Å². The normalized spacial score (nSPS) is 10.3. The fraction of sp³-hybridized carbons (Fsp3) is 0.0909. The van der Waals surface area contributed by atoms with Crippen LogP contribution in [-0.2, 0) is 4.74 Å². The van der Waals surface area contributed by atoms with Gasteiger partial charge in [-0.05, 0) is 54.4 Å². The fourth-order valence-corrected chi connectivity index (χ4v) is 3.24. The summed E-state index contributed by atoms with van der Waals surface area (Å²) in [5, 5.41) is 2.88. The van der Waals surface area contributed by atoms with Crippen molar-refractivity contribution in [1.82, 2.24) is 0 Å². The minimum Gasteiger partial charge on any atom is -0.465 e. The summed E-state index contributed by atoms with van der Waals surface area (Å²) < 4.78 is 5.51. The second-order valence-electron chi connectivity index (χ2n) is 6.08. The number of halogens is 1. The van der Waals surface area contributed by atoms with Crippen molar-refractivity contribution in [2.75, 3.05) is 12.4 Å². The Kier molecular flexibility index (Phi) is 5.72. The first-order chi connectivity index (χ1) is 13.0. The Balaban J connectivity index is 1.77. The zero-order valence-corrected chi connectivity index (χ0v) is 16.5. The van der Waals surface area contributed by atoms with Crippen LogP contribution in [0, 0.1) is 6.92 Å². The van der Waals surface area contributed by atoms with Crippen molar-refractivity contribution in [3.8, 4) is 11.1 Å². The molecule has 0 aliphatic heterocycles. The molecule has 3 aromatic carbocycles. The molecule has 1 N–H and O–H groups in total. The maximum absolute atomic E-state index is 12.4. The summed E-state index contributed by atoms with van der Waals surface area (Å²) in [7, 11) is 1.35. The molecule has 0 saturated heterocycles. The zero-order valence-electron chi connectivity index (χ0n) is 15.0.